The molecular formula is C18H18N2O3. The molecule has 5 nitrogen and oxygen atoms in total. The van der Waals surface area contributed by atoms with E-state index < -0.39 is 18.2 Å². The second-order valence-electron chi connectivity index (χ2n) is 5.39. The number of hydrogen-bond donors (Lipinski definition) is 2. The van der Waals surface area contributed by atoms with E-state index in [-0.39, 0.29) is 5.91 Å². The molecule has 2 aromatic carbocycles. The van der Waals surface area contributed by atoms with Crippen LogP contribution in [0.4, 0.5) is 4.79 Å². The molecule has 0 spiro atoms. The number of alkyl carbamates (subject to hydrolysis) is 1. The third-order valence-corrected chi connectivity index (χ3v) is 3.78. The van der Waals surface area contributed by atoms with Crippen LogP contribution < -0.4 is 10.6 Å². The average molecular weight is 310 g/mol. The van der Waals surface area contributed by atoms with Crippen molar-refractivity contribution < 1.29 is 14.3 Å². The van der Waals surface area contributed by atoms with E-state index in [9.17, 15) is 9.59 Å². The van der Waals surface area contributed by atoms with E-state index >= 15 is 0 Å². The van der Waals surface area contributed by atoms with Crippen molar-refractivity contribution in [1.29, 1.82) is 0 Å². The highest BCUT2D eigenvalue weighted by molar-refractivity contribution is 5.88. The van der Waals surface area contributed by atoms with Gasteiger partial charge in [-0.25, -0.2) is 4.79 Å². The van der Waals surface area contributed by atoms with Gasteiger partial charge >= 0.3 is 6.09 Å². The van der Waals surface area contributed by atoms with E-state index in [0.717, 1.165) is 17.5 Å². The molecule has 1 fully saturated rings. The van der Waals surface area contributed by atoms with Crippen molar-refractivity contribution in [3.63, 3.8) is 0 Å². The lowest BCUT2D eigenvalue weighted by molar-refractivity contribution is -0.124. The van der Waals surface area contributed by atoms with Gasteiger partial charge in [0.05, 0.1) is 0 Å². The van der Waals surface area contributed by atoms with Crippen molar-refractivity contribution in [1.82, 2.24) is 10.6 Å². The summed E-state index contributed by atoms with van der Waals surface area (Å²) in [5.74, 6) is -0.236. The Balaban J connectivity index is 1.60. The lowest BCUT2D eigenvalue weighted by Crippen LogP contribution is -2.44. The molecule has 2 amide bonds. The minimum Gasteiger partial charge on any atom is -0.439 e. The van der Waals surface area contributed by atoms with E-state index in [1.165, 1.54) is 0 Å². The molecular weight excluding hydrogens is 292 g/mol. The van der Waals surface area contributed by atoms with Gasteiger partial charge in [0.1, 0.15) is 0 Å². The first-order valence-electron chi connectivity index (χ1n) is 7.58. The number of cyclic esters (lactones) is 1. The standard InChI is InChI=1S/C18H18N2O3/c21-17(19-12-11-13-7-3-1-4-8-13)15-16(23-18(22)20-15)14-9-5-2-6-10-14/h1-10,15-16H,11-12H2,(H,19,21)(H,20,22). The van der Waals surface area contributed by atoms with Gasteiger partial charge in [0.2, 0.25) is 5.91 Å². The Morgan fingerprint density at radius 2 is 1.70 bits per heavy atom. The Bertz CT molecular complexity index is 673. The minimum atomic E-state index is -0.708. The Kier molecular flexibility index (Phi) is 4.57. The molecule has 1 saturated heterocycles. The predicted molar refractivity (Wildman–Crippen MR) is 85.7 cm³/mol. The van der Waals surface area contributed by atoms with Gasteiger partial charge < -0.3 is 15.4 Å². The van der Waals surface area contributed by atoms with Crippen LogP contribution in [0.2, 0.25) is 0 Å². The summed E-state index contributed by atoms with van der Waals surface area (Å²) in [5, 5.41) is 5.44. The quantitative estimate of drug-likeness (QED) is 0.889. The molecule has 0 radical (unpaired) electrons. The normalized spacial score (nSPS) is 19.7. The highest BCUT2D eigenvalue weighted by atomic mass is 16.6. The molecule has 0 aromatic heterocycles. The zero-order valence-corrected chi connectivity index (χ0v) is 12.6. The van der Waals surface area contributed by atoms with E-state index in [1.54, 1.807) is 0 Å². The molecule has 0 aliphatic carbocycles. The minimum absolute atomic E-state index is 0.236. The number of amides is 2. The molecule has 1 aliphatic heterocycles. The third kappa shape index (κ3) is 3.69. The molecule has 3 rings (SSSR count). The molecule has 23 heavy (non-hydrogen) atoms. The number of nitrogens with one attached hydrogen (secondary N) is 2. The Hall–Kier alpha value is -2.82. The molecule has 1 aliphatic rings. The van der Waals surface area contributed by atoms with Gasteiger partial charge in [-0.05, 0) is 17.5 Å². The van der Waals surface area contributed by atoms with Gasteiger partial charge in [-0.2, -0.15) is 0 Å². The third-order valence-electron chi connectivity index (χ3n) is 3.78. The van der Waals surface area contributed by atoms with E-state index in [2.05, 4.69) is 10.6 Å². The average Bonchev–Trinajstić information content (AvgIpc) is 2.98. The number of carbonyl (C=O) groups excluding carboxylic acids is 2. The maximum atomic E-state index is 12.4. The van der Waals surface area contributed by atoms with Crippen LogP contribution >= 0.6 is 0 Å². The largest absolute Gasteiger partial charge is 0.439 e. The van der Waals surface area contributed by atoms with Crippen LogP contribution in [0.25, 0.3) is 0 Å². The van der Waals surface area contributed by atoms with E-state index in [1.807, 2.05) is 60.7 Å². The van der Waals surface area contributed by atoms with Crippen molar-refractivity contribution in [3.05, 3.63) is 71.8 Å². The van der Waals surface area contributed by atoms with Gasteiger partial charge in [-0.3, -0.25) is 4.79 Å². The highest BCUT2D eigenvalue weighted by Crippen LogP contribution is 2.26. The fourth-order valence-electron chi connectivity index (χ4n) is 2.61. The van der Waals surface area contributed by atoms with Crippen molar-refractivity contribution in [3.8, 4) is 0 Å². The maximum Gasteiger partial charge on any atom is 0.408 e. The highest BCUT2D eigenvalue weighted by Gasteiger charge is 2.39. The number of ether oxygens (including phenoxy) is 1. The summed E-state index contributed by atoms with van der Waals surface area (Å²) in [7, 11) is 0. The summed E-state index contributed by atoms with van der Waals surface area (Å²) in [6.45, 7) is 0.511. The molecule has 2 unspecified atom stereocenters. The van der Waals surface area contributed by atoms with Crippen LogP contribution in [-0.4, -0.2) is 24.6 Å². The molecule has 1 heterocycles. The summed E-state index contributed by atoms with van der Waals surface area (Å²) >= 11 is 0. The zero-order valence-electron chi connectivity index (χ0n) is 12.6. The van der Waals surface area contributed by atoms with Gasteiger partial charge in [-0.15, -0.1) is 0 Å². The fraction of sp³-hybridized carbons (Fsp3) is 0.222. The molecule has 5 heteroatoms. The molecule has 2 N–H and O–H groups in total. The molecule has 0 bridgehead atoms. The topological polar surface area (TPSA) is 67.4 Å². The van der Waals surface area contributed by atoms with Crippen LogP contribution in [0.3, 0.4) is 0 Å². The maximum absolute atomic E-state index is 12.4. The number of benzene rings is 2. The summed E-state index contributed by atoms with van der Waals surface area (Å²) in [5.41, 5.74) is 1.95. The second-order valence-corrected chi connectivity index (χ2v) is 5.39. The molecule has 2 atom stereocenters. The smallest absolute Gasteiger partial charge is 0.408 e. The van der Waals surface area contributed by atoms with E-state index in [4.69, 9.17) is 4.74 Å². The molecule has 118 valence electrons. The van der Waals surface area contributed by atoms with Gasteiger partial charge in [-0.1, -0.05) is 60.7 Å². The molecule has 2 aromatic rings. The summed E-state index contributed by atoms with van der Waals surface area (Å²) in [6, 6.07) is 18.5. The van der Waals surface area contributed by atoms with Crippen LogP contribution in [0, 0.1) is 0 Å². The van der Waals surface area contributed by atoms with E-state index in [0.29, 0.717) is 6.54 Å². The van der Waals surface area contributed by atoms with Crippen molar-refractivity contribution in [2.24, 2.45) is 0 Å². The van der Waals surface area contributed by atoms with Gasteiger partial charge in [0.15, 0.2) is 12.1 Å². The Morgan fingerprint density at radius 1 is 1.04 bits per heavy atom. The van der Waals surface area contributed by atoms with Crippen molar-refractivity contribution in [2.45, 2.75) is 18.6 Å². The summed E-state index contributed by atoms with van der Waals surface area (Å²) in [6.07, 6.45) is -0.424. The first kappa shape index (κ1) is 15.1. The first-order chi connectivity index (χ1) is 11.2. The molecule has 0 saturated carbocycles. The lowest BCUT2D eigenvalue weighted by atomic mass is 10.0. The Morgan fingerprint density at radius 3 is 2.39 bits per heavy atom. The van der Waals surface area contributed by atoms with Crippen molar-refractivity contribution >= 4 is 12.0 Å². The lowest BCUT2D eigenvalue weighted by Gasteiger charge is -2.17. The van der Waals surface area contributed by atoms with Crippen LogP contribution in [-0.2, 0) is 16.0 Å². The SMILES string of the molecule is O=C1NC(C(=O)NCCc2ccccc2)C(c2ccccc2)O1. The number of rotatable bonds is 5. The van der Waals surface area contributed by atoms with Gasteiger partial charge in [0.25, 0.3) is 0 Å². The van der Waals surface area contributed by atoms with Crippen LogP contribution in [0.5, 0.6) is 0 Å². The monoisotopic (exact) mass is 310 g/mol. The van der Waals surface area contributed by atoms with Crippen LogP contribution in [0.15, 0.2) is 60.7 Å². The first-order valence-corrected chi connectivity index (χ1v) is 7.58. The number of carbonyl (C=O) groups is 2. The fourth-order valence-corrected chi connectivity index (χ4v) is 2.61. The predicted octanol–water partition coefficient (Wildman–Crippen LogP) is 2.19. The number of hydrogen-bond acceptors (Lipinski definition) is 3. The van der Waals surface area contributed by atoms with Gasteiger partial charge in [0, 0.05) is 6.54 Å². The summed E-state index contributed by atoms with van der Waals surface area (Å²) < 4.78 is 5.23. The Labute approximate surface area is 134 Å². The van der Waals surface area contributed by atoms with Crippen molar-refractivity contribution in [2.75, 3.05) is 6.54 Å². The summed E-state index contributed by atoms with van der Waals surface area (Å²) in [4.78, 5) is 23.9. The second kappa shape index (κ2) is 6.96. The zero-order chi connectivity index (χ0) is 16.1. The van der Waals surface area contributed by atoms with Crippen LogP contribution in [0.1, 0.15) is 17.2 Å².